The van der Waals surface area contributed by atoms with Crippen LogP contribution in [0, 0.1) is 0 Å². The second kappa shape index (κ2) is 3.13. The predicted molar refractivity (Wildman–Crippen MR) is 49.9 cm³/mol. The van der Waals surface area contributed by atoms with E-state index in [1.54, 1.807) is 0 Å². The number of aromatic amines is 1. The van der Waals surface area contributed by atoms with Gasteiger partial charge in [0.25, 0.3) is 0 Å². The number of nitrogens with zero attached hydrogens (tertiary/aromatic N) is 1. The number of nitrogens with one attached hydrogen (secondary N) is 1. The van der Waals surface area contributed by atoms with Crippen molar-refractivity contribution in [1.29, 1.82) is 0 Å². The average Bonchev–Trinajstić information content (AvgIpc) is 2.47. The number of imidazole rings is 1. The van der Waals surface area contributed by atoms with Gasteiger partial charge in [-0.2, -0.15) is 0 Å². The lowest BCUT2D eigenvalue weighted by molar-refractivity contribution is 0.846. The molecule has 64 valence electrons. The fourth-order valence-electron chi connectivity index (χ4n) is 1.59. The van der Waals surface area contributed by atoms with Gasteiger partial charge >= 0.3 is 0 Å². The van der Waals surface area contributed by atoms with E-state index in [4.69, 9.17) is 0 Å². The van der Waals surface area contributed by atoms with E-state index in [1.165, 1.54) is 5.69 Å². The summed E-state index contributed by atoms with van der Waals surface area (Å²) >= 11 is 0. The summed E-state index contributed by atoms with van der Waals surface area (Å²) in [7, 11) is 0. The van der Waals surface area contributed by atoms with E-state index >= 15 is 0 Å². The Kier molecular flexibility index (Phi) is 1.98. The van der Waals surface area contributed by atoms with Crippen molar-refractivity contribution >= 4 is 6.08 Å². The summed E-state index contributed by atoms with van der Waals surface area (Å²) in [5.74, 6) is 1.15. The zero-order chi connectivity index (χ0) is 8.39. The Morgan fingerprint density at radius 1 is 1.58 bits per heavy atom. The van der Waals surface area contributed by atoms with Crippen LogP contribution in [0.5, 0.6) is 0 Å². The summed E-state index contributed by atoms with van der Waals surface area (Å²) in [5, 5.41) is 0. The molecule has 0 fully saturated rings. The molecular weight excluding hydrogens is 148 g/mol. The maximum Gasteiger partial charge on any atom is 0.106 e. The maximum absolute atomic E-state index is 4.50. The van der Waals surface area contributed by atoms with Crippen molar-refractivity contribution in [3.63, 3.8) is 0 Å². The number of H-pyrrole nitrogens is 1. The molecule has 1 aliphatic carbocycles. The van der Waals surface area contributed by atoms with Crippen LogP contribution < -0.4 is 0 Å². The highest BCUT2D eigenvalue weighted by atomic mass is 14.9. The van der Waals surface area contributed by atoms with E-state index in [0.717, 1.165) is 37.2 Å². The van der Waals surface area contributed by atoms with E-state index in [1.807, 2.05) is 0 Å². The van der Waals surface area contributed by atoms with E-state index in [-0.39, 0.29) is 0 Å². The third kappa shape index (κ3) is 1.29. The third-order valence-electron chi connectivity index (χ3n) is 2.18. The van der Waals surface area contributed by atoms with Crippen LogP contribution in [0.2, 0.25) is 0 Å². The predicted octanol–water partition coefficient (Wildman–Crippen LogP) is 2.32. The van der Waals surface area contributed by atoms with Crippen LogP contribution in [0.1, 0.15) is 37.0 Å². The van der Waals surface area contributed by atoms with Gasteiger partial charge in [-0.1, -0.05) is 13.0 Å². The quantitative estimate of drug-likeness (QED) is 0.710. The van der Waals surface area contributed by atoms with Crippen molar-refractivity contribution in [2.45, 2.75) is 32.6 Å². The summed E-state index contributed by atoms with van der Waals surface area (Å²) < 4.78 is 0. The molecule has 1 aliphatic rings. The van der Waals surface area contributed by atoms with Gasteiger partial charge in [-0.25, -0.2) is 4.98 Å². The summed E-state index contributed by atoms with van der Waals surface area (Å²) in [4.78, 5) is 7.87. The highest BCUT2D eigenvalue weighted by Gasteiger charge is 2.09. The number of allylic oxidation sites excluding steroid dienone is 1. The molecule has 0 saturated heterocycles. The van der Waals surface area contributed by atoms with Gasteiger partial charge < -0.3 is 4.98 Å². The molecule has 12 heavy (non-hydrogen) atoms. The van der Waals surface area contributed by atoms with Gasteiger partial charge in [0.2, 0.25) is 0 Å². The molecule has 1 N–H and O–H groups in total. The lowest BCUT2D eigenvalue weighted by atomic mass is 10.1. The number of hydrogen-bond acceptors (Lipinski definition) is 1. The third-order valence-corrected chi connectivity index (χ3v) is 2.18. The molecule has 2 rings (SSSR count). The van der Waals surface area contributed by atoms with Crippen molar-refractivity contribution in [1.82, 2.24) is 9.97 Å². The number of aryl methyl sites for hydroxylation is 2. The summed E-state index contributed by atoms with van der Waals surface area (Å²) in [5.41, 5.74) is 2.48. The lowest BCUT2D eigenvalue weighted by Crippen LogP contribution is -1.91. The minimum atomic E-state index is 1.07. The van der Waals surface area contributed by atoms with Gasteiger partial charge in [-0.3, -0.25) is 0 Å². The average molecular weight is 162 g/mol. The highest BCUT2D eigenvalue weighted by Crippen LogP contribution is 2.16. The van der Waals surface area contributed by atoms with E-state index in [9.17, 15) is 0 Å². The van der Waals surface area contributed by atoms with Gasteiger partial charge in [0.1, 0.15) is 5.82 Å². The number of hydrogen-bond donors (Lipinski definition) is 1. The number of aromatic nitrogens is 2. The molecule has 2 heteroatoms. The molecule has 0 bridgehead atoms. The van der Waals surface area contributed by atoms with Crippen molar-refractivity contribution in [3.8, 4) is 0 Å². The minimum Gasteiger partial charge on any atom is -0.345 e. The second-order valence-corrected chi connectivity index (χ2v) is 3.24. The first kappa shape index (κ1) is 7.59. The molecule has 1 aromatic rings. The molecule has 0 saturated carbocycles. The Labute approximate surface area is 72.7 Å². The Morgan fingerprint density at radius 3 is 3.25 bits per heavy atom. The van der Waals surface area contributed by atoms with Gasteiger partial charge in [-0.05, 0) is 25.3 Å². The Balaban J connectivity index is 2.27. The summed E-state index contributed by atoms with van der Waals surface area (Å²) in [6, 6.07) is 0. The molecule has 1 aromatic heterocycles. The topological polar surface area (TPSA) is 28.7 Å². The Morgan fingerprint density at radius 2 is 2.50 bits per heavy atom. The monoisotopic (exact) mass is 162 g/mol. The van der Waals surface area contributed by atoms with Crippen LogP contribution in [-0.2, 0) is 12.8 Å². The largest absolute Gasteiger partial charge is 0.345 e. The van der Waals surface area contributed by atoms with E-state index < -0.39 is 0 Å². The molecule has 0 radical (unpaired) electrons. The van der Waals surface area contributed by atoms with E-state index in [0.29, 0.717) is 0 Å². The van der Waals surface area contributed by atoms with Crippen molar-refractivity contribution < 1.29 is 0 Å². The van der Waals surface area contributed by atoms with Crippen LogP contribution in [-0.4, -0.2) is 9.97 Å². The molecular formula is C10H14N2. The van der Waals surface area contributed by atoms with Gasteiger partial charge in [0.05, 0.1) is 5.69 Å². The summed E-state index contributed by atoms with van der Waals surface area (Å²) in [6.45, 7) is 2.18. The molecule has 0 amide bonds. The first-order valence-electron chi connectivity index (χ1n) is 4.64. The molecule has 0 unspecified atom stereocenters. The Bertz CT molecular complexity index is 297. The zero-order valence-electron chi connectivity index (χ0n) is 7.43. The van der Waals surface area contributed by atoms with E-state index in [2.05, 4.69) is 29.0 Å². The molecule has 0 aromatic carbocycles. The standard InChI is InChI=1S/C10H14N2/c1-2-5-10-11-8-6-3-4-7-9(8)12-10/h3,6H,2,4-5,7H2,1H3,(H,11,12). The molecule has 2 nitrogen and oxygen atoms in total. The van der Waals surface area contributed by atoms with Crippen molar-refractivity contribution in [2.75, 3.05) is 0 Å². The molecule has 0 atom stereocenters. The van der Waals surface area contributed by atoms with Gasteiger partial charge in [0.15, 0.2) is 0 Å². The fourth-order valence-corrected chi connectivity index (χ4v) is 1.59. The second-order valence-electron chi connectivity index (χ2n) is 3.24. The smallest absolute Gasteiger partial charge is 0.106 e. The normalized spacial score (nSPS) is 14.8. The molecule has 0 spiro atoms. The van der Waals surface area contributed by atoms with Gasteiger partial charge in [-0.15, -0.1) is 0 Å². The van der Waals surface area contributed by atoms with Gasteiger partial charge in [0, 0.05) is 12.1 Å². The highest BCUT2D eigenvalue weighted by molar-refractivity contribution is 5.50. The van der Waals surface area contributed by atoms with Crippen molar-refractivity contribution in [2.24, 2.45) is 0 Å². The minimum absolute atomic E-state index is 1.07. The van der Waals surface area contributed by atoms with Crippen molar-refractivity contribution in [3.05, 3.63) is 23.3 Å². The zero-order valence-corrected chi connectivity index (χ0v) is 7.43. The lowest BCUT2D eigenvalue weighted by Gasteiger charge is -2.00. The van der Waals surface area contributed by atoms with Crippen LogP contribution >= 0.6 is 0 Å². The first-order chi connectivity index (χ1) is 5.90. The van der Waals surface area contributed by atoms with Crippen LogP contribution in [0.25, 0.3) is 6.08 Å². The van der Waals surface area contributed by atoms with Crippen LogP contribution in [0.3, 0.4) is 0 Å². The number of fused-ring (bicyclic) bond motifs is 1. The Hall–Kier alpha value is -1.05. The van der Waals surface area contributed by atoms with Crippen LogP contribution in [0.15, 0.2) is 6.08 Å². The molecule has 1 heterocycles. The summed E-state index contributed by atoms with van der Waals surface area (Å²) in [6.07, 6.45) is 8.83. The maximum atomic E-state index is 4.50. The molecule has 0 aliphatic heterocycles. The fraction of sp³-hybridized carbons (Fsp3) is 0.500. The first-order valence-corrected chi connectivity index (χ1v) is 4.64. The number of rotatable bonds is 2. The SMILES string of the molecule is CCCc1nc2c([nH]1)CCC=C2. The van der Waals surface area contributed by atoms with Crippen LogP contribution in [0.4, 0.5) is 0 Å².